The minimum absolute atomic E-state index is 0.213. The van der Waals surface area contributed by atoms with E-state index in [1.54, 1.807) is 19.4 Å². The molecule has 0 radical (unpaired) electrons. The highest BCUT2D eigenvalue weighted by atomic mass is 79.9. The number of nitriles is 1. The molecule has 0 amide bonds. The number of ether oxygens (including phenoxy) is 2. The number of hydrogen-bond acceptors (Lipinski definition) is 5. The first-order chi connectivity index (χ1) is 16.2. The van der Waals surface area contributed by atoms with Gasteiger partial charge in [0, 0.05) is 11.1 Å². The van der Waals surface area contributed by atoms with Crippen LogP contribution in [0.15, 0.2) is 88.5 Å². The Morgan fingerprint density at radius 1 is 0.939 bits per heavy atom. The molecule has 0 N–H and O–H groups in total. The molecular formula is C27H21BrN2O3. The predicted octanol–water partition coefficient (Wildman–Crippen LogP) is 6.61. The van der Waals surface area contributed by atoms with Crippen molar-refractivity contribution in [1.82, 2.24) is 0 Å². The highest BCUT2D eigenvalue weighted by Gasteiger charge is 2.12. The molecule has 4 aromatic rings. The number of oxime groups is 1. The summed E-state index contributed by atoms with van der Waals surface area (Å²) in [6.45, 7) is 0.621. The van der Waals surface area contributed by atoms with Crippen LogP contribution in [-0.2, 0) is 18.1 Å². The van der Waals surface area contributed by atoms with Gasteiger partial charge in [-0.2, -0.15) is 5.26 Å². The van der Waals surface area contributed by atoms with E-state index in [0.717, 1.165) is 26.5 Å². The number of halogens is 1. The van der Waals surface area contributed by atoms with Gasteiger partial charge < -0.3 is 14.3 Å². The Bertz CT molecular complexity index is 1340. The Balaban J connectivity index is 1.46. The summed E-state index contributed by atoms with van der Waals surface area (Å²) in [6.07, 6.45) is 1.59. The predicted molar refractivity (Wildman–Crippen MR) is 133 cm³/mol. The molecule has 164 valence electrons. The van der Waals surface area contributed by atoms with Crippen LogP contribution < -0.4 is 9.47 Å². The second kappa shape index (κ2) is 10.7. The first kappa shape index (κ1) is 22.4. The summed E-state index contributed by atoms with van der Waals surface area (Å²) >= 11 is 3.58. The third-order valence-corrected chi connectivity index (χ3v) is 5.73. The van der Waals surface area contributed by atoms with Gasteiger partial charge in [-0.05, 0) is 50.5 Å². The summed E-state index contributed by atoms with van der Waals surface area (Å²) in [5.74, 6) is 1.20. The van der Waals surface area contributed by atoms with Crippen LogP contribution in [-0.4, -0.2) is 13.3 Å². The van der Waals surface area contributed by atoms with E-state index in [2.05, 4.69) is 51.4 Å². The normalized spacial score (nSPS) is 10.8. The Morgan fingerprint density at radius 3 is 2.55 bits per heavy atom. The van der Waals surface area contributed by atoms with E-state index in [9.17, 15) is 0 Å². The number of hydrogen-bond donors (Lipinski definition) is 0. The number of benzene rings is 4. The van der Waals surface area contributed by atoms with Crippen LogP contribution >= 0.6 is 15.9 Å². The fourth-order valence-electron chi connectivity index (χ4n) is 3.48. The molecule has 0 saturated heterocycles. The fourth-order valence-corrected chi connectivity index (χ4v) is 4.06. The first-order valence-electron chi connectivity index (χ1n) is 10.3. The lowest BCUT2D eigenvalue weighted by atomic mass is 10.1. The van der Waals surface area contributed by atoms with Crippen molar-refractivity contribution in [3.8, 4) is 17.6 Å². The highest BCUT2D eigenvalue weighted by molar-refractivity contribution is 9.10. The van der Waals surface area contributed by atoms with E-state index in [4.69, 9.17) is 19.6 Å². The van der Waals surface area contributed by atoms with Crippen LogP contribution in [0.5, 0.6) is 11.5 Å². The van der Waals surface area contributed by atoms with Gasteiger partial charge in [-0.1, -0.05) is 65.8 Å². The molecular weight excluding hydrogens is 480 g/mol. The summed E-state index contributed by atoms with van der Waals surface area (Å²) in [5.41, 5.74) is 3.24. The van der Waals surface area contributed by atoms with Crippen molar-refractivity contribution in [1.29, 1.82) is 5.26 Å². The molecule has 0 aliphatic rings. The molecule has 0 unspecified atom stereocenters. The van der Waals surface area contributed by atoms with E-state index in [1.807, 2.05) is 48.5 Å². The van der Waals surface area contributed by atoms with E-state index >= 15 is 0 Å². The van der Waals surface area contributed by atoms with Crippen LogP contribution in [0.2, 0.25) is 0 Å². The lowest BCUT2D eigenvalue weighted by molar-refractivity contribution is 0.132. The molecule has 4 rings (SSSR count). The van der Waals surface area contributed by atoms with Crippen molar-refractivity contribution in [2.75, 3.05) is 7.11 Å². The number of rotatable bonds is 8. The van der Waals surface area contributed by atoms with E-state index < -0.39 is 0 Å². The van der Waals surface area contributed by atoms with Crippen LogP contribution in [0.4, 0.5) is 0 Å². The average Bonchev–Trinajstić information content (AvgIpc) is 2.86. The van der Waals surface area contributed by atoms with Crippen LogP contribution in [0.3, 0.4) is 0 Å². The molecule has 0 spiro atoms. The van der Waals surface area contributed by atoms with Gasteiger partial charge in [-0.3, -0.25) is 0 Å². The summed E-state index contributed by atoms with van der Waals surface area (Å²) < 4.78 is 12.4. The van der Waals surface area contributed by atoms with Gasteiger partial charge in [-0.15, -0.1) is 0 Å². The van der Waals surface area contributed by atoms with Gasteiger partial charge >= 0.3 is 0 Å². The molecule has 0 aliphatic carbocycles. The van der Waals surface area contributed by atoms with Crippen molar-refractivity contribution in [3.63, 3.8) is 0 Å². The maximum atomic E-state index is 9.16. The zero-order valence-corrected chi connectivity index (χ0v) is 19.6. The van der Waals surface area contributed by atoms with E-state index in [-0.39, 0.29) is 6.61 Å². The monoisotopic (exact) mass is 500 g/mol. The van der Waals surface area contributed by atoms with Crippen LogP contribution in [0.1, 0.15) is 22.3 Å². The zero-order chi connectivity index (χ0) is 23.0. The first-order valence-corrected chi connectivity index (χ1v) is 11.1. The summed E-state index contributed by atoms with van der Waals surface area (Å²) in [6, 6.07) is 27.6. The van der Waals surface area contributed by atoms with Gasteiger partial charge in [0.2, 0.25) is 0 Å². The Morgan fingerprint density at radius 2 is 1.70 bits per heavy atom. The van der Waals surface area contributed by atoms with Gasteiger partial charge in [0.15, 0.2) is 11.5 Å². The molecule has 6 heteroatoms. The molecule has 5 nitrogen and oxygen atoms in total. The number of nitrogens with zero attached hydrogens (tertiary/aromatic N) is 2. The second-order valence-electron chi connectivity index (χ2n) is 7.24. The minimum atomic E-state index is 0.213. The molecule has 4 aromatic carbocycles. The summed E-state index contributed by atoms with van der Waals surface area (Å²) in [4.78, 5) is 5.39. The molecule has 0 aromatic heterocycles. The third kappa shape index (κ3) is 5.33. The fraction of sp³-hybridized carbons (Fsp3) is 0.111. The van der Waals surface area contributed by atoms with Gasteiger partial charge in [-0.25, -0.2) is 0 Å². The topological polar surface area (TPSA) is 63.8 Å². The smallest absolute Gasteiger partial charge is 0.175 e. The Hall–Kier alpha value is -3.82. The van der Waals surface area contributed by atoms with E-state index in [1.165, 1.54) is 5.39 Å². The van der Waals surface area contributed by atoms with Crippen molar-refractivity contribution in [2.45, 2.75) is 13.2 Å². The quantitative estimate of drug-likeness (QED) is 0.201. The van der Waals surface area contributed by atoms with E-state index in [0.29, 0.717) is 23.7 Å². The maximum absolute atomic E-state index is 9.16. The molecule has 0 aliphatic heterocycles. The van der Waals surface area contributed by atoms with Crippen molar-refractivity contribution in [2.24, 2.45) is 5.16 Å². The highest BCUT2D eigenvalue weighted by Crippen LogP contribution is 2.37. The largest absolute Gasteiger partial charge is 0.493 e. The second-order valence-corrected chi connectivity index (χ2v) is 8.09. The molecule has 0 bridgehead atoms. The third-order valence-electron chi connectivity index (χ3n) is 5.14. The number of fused-ring (bicyclic) bond motifs is 1. The number of methoxy groups -OCH3 is 1. The SMILES string of the molecule is COc1cc(/C=N/OCc2ccccc2C#N)cc(Br)c1OCc1cccc2ccccc12. The molecule has 0 saturated carbocycles. The van der Waals surface area contributed by atoms with Crippen molar-refractivity contribution >= 4 is 32.9 Å². The summed E-state index contributed by atoms with van der Waals surface area (Å²) in [5, 5.41) is 15.5. The molecule has 33 heavy (non-hydrogen) atoms. The lowest BCUT2D eigenvalue weighted by Crippen LogP contribution is -2.00. The molecule has 0 atom stereocenters. The standard InChI is InChI=1S/C27H21BrN2O3/c1-31-26-14-19(16-30-33-18-22-9-3-2-8-21(22)15-29)13-25(28)27(26)32-17-23-11-6-10-20-7-4-5-12-24(20)23/h2-14,16H,17-18H2,1H3/b30-16+. The molecule has 0 heterocycles. The zero-order valence-electron chi connectivity index (χ0n) is 18.0. The van der Waals surface area contributed by atoms with Gasteiger partial charge in [0.25, 0.3) is 0 Å². The van der Waals surface area contributed by atoms with Gasteiger partial charge in [0.1, 0.15) is 13.2 Å². The summed E-state index contributed by atoms with van der Waals surface area (Å²) in [7, 11) is 1.60. The van der Waals surface area contributed by atoms with Crippen molar-refractivity contribution < 1.29 is 14.3 Å². The Labute approximate surface area is 201 Å². The lowest BCUT2D eigenvalue weighted by Gasteiger charge is -2.14. The maximum Gasteiger partial charge on any atom is 0.175 e. The van der Waals surface area contributed by atoms with Crippen LogP contribution in [0.25, 0.3) is 10.8 Å². The Kier molecular flexibility index (Phi) is 7.23. The minimum Gasteiger partial charge on any atom is -0.493 e. The van der Waals surface area contributed by atoms with Crippen molar-refractivity contribution in [3.05, 3.63) is 106 Å². The molecule has 0 fully saturated rings. The van der Waals surface area contributed by atoms with Gasteiger partial charge in [0.05, 0.1) is 29.4 Å². The van der Waals surface area contributed by atoms with Crippen LogP contribution in [0, 0.1) is 11.3 Å². The average molecular weight is 501 g/mol.